The highest BCUT2D eigenvalue weighted by Crippen LogP contribution is 2.15. The quantitative estimate of drug-likeness (QED) is 0.508. The number of nitrogens with two attached hydrogens (primary N) is 1. The number of pyridine rings is 1. The van der Waals surface area contributed by atoms with Gasteiger partial charge in [0.05, 0.1) is 19.1 Å². The van der Waals surface area contributed by atoms with E-state index in [9.17, 15) is 0 Å². The molecule has 0 spiro atoms. The largest absolute Gasteiger partial charge is 0.495 e. The van der Waals surface area contributed by atoms with E-state index in [0.717, 1.165) is 5.56 Å². The molecular formula is C8H11N3O. The van der Waals surface area contributed by atoms with Crippen molar-refractivity contribution in [3.8, 4) is 5.75 Å². The van der Waals surface area contributed by atoms with Crippen LogP contribution in [0.4, 0.5) is 0 Å². The van der Waals surface area contributed by atoms with Crippen LogP contribution in [0.15, 0.2) is 18.5 Å². The molecule has 3 N–H and O–H groups in total. The maximum absolute atomic E-state index is 7.11. The molecule has 12 heavy (non-hydrogen) atoms. The topological polar surface area (TPSA) is 72.0 Å². The summed E-state index contributed by atoms with van der Waals surface area (Å²) in [5.41, 5.74) is 6.14. The number of rotatable bonds is 3. The lowest BCUT2D eigenvalue weighted by Gasteiger charge is -2.05. The van der Waals surface area contributed by atoms with Crippen LogP contribution in [0.2, 0.25) is 0 Å². The summed E-state index contributed by atoms with van der Waals surface area (Å²) < 4.78 is 5.03. The number of nitrogens with zero attached hydrogens (tertiary/aromatic N) is 1. The van der Waals surface area contributed by atoms with Gasteiger partial charge in [0, 0.05) is 18.2 Å². The van der Waals surface area contributed by atoms with Crippen molar-refractivity contribution >= 4 is 5.84 Å². The van der Waals surface area contributed by atoms with Gasteiger partial charge < -0.3 is 10.5 Å². The van der Waals surface area contributed by atoms with Gasteiger partial charge in [-0.3, -0.25) is 10.4 Å². The lowest BCUT2D eigenvalue weighted by Crippen LogP contribution is -2.13. The number of ether oxygens (including phenoxy) is 1. The smallest absolute Gasteiger partial charge is 0.140 e. The van der Waals surface area contributed by atoms with E-state index in [1.54, 1.807) is 25.6 Å². The summed E-state index contributed by atoms with van der Waals surface area (Å²) in [5.74, 6) is 0.798. The summed E-state index contributed by atoms with van der Waals surface area (Å²) in [6.45, 7) is 0. The summed E-state index contributed by atoms with van der Waals surface area (Å²) in [6, 6.07) is 1.79. The number of hydrogen-bond acceptors (Lipinski definition) is 3. The third kappa shape index (κ3) is 1.95. The van der Waals surface area contributed by atoms with Crippen molar-refractivity contribution in [2.24, 2.45) is 5.73 Å². The SMILES string of the molecule is COc1cnccc1CC(=N)N. The number of amidine groups is 1. The van der Waals surface area contributed by atoms with Crippen LogP contribution in [-0.2, 0) is 6.42 Å². The molecule has 1 rings (SSSR count). The van der Waals surface area contributed by atoms with Gasteiger partial charge in [-0.2, -0.15) is 0 Å². The molecular weight excluding hydrogens is 154 g/mol. The number of aromatic nitrogens is 1. The Morgan fingerprint density at radius 2 is 2.50 bits per heavy atom. The van der Waals surface area contributed by atoms with Gasteiger partial charge in [-0.05, 0) is 6.07 Å². The van der Waals surface area contributed by atoms with Crippen LogP contribution in [-0.4, -0.2) is 17.9 Å². The van der Waals surface area contributed by atoms with E-state index in [4.69, 9.17) is 15.9 Å². The van der Waals surface area contributed by atoms with Crippen LogP contribution in [0.1, 0.15) is 5.56 Å². The molecule has 0 unspecified atom stereocenters. The highest BCUT2D eigenvalue weighted by atomic mass is 16.5. The molecule has 0 aliphatic carbocycles. The van der Waals surface area contributed by atoms with Gasteiger partial charge in [-0.15, -0.1) is 0 Å². The Morgan fingerprint density at radius 3 is 3.08 bits per heavy atom. The molecule has 0 aliphatic rings. The molecule has 0 radical (unpaired) electrons. The Kier molecular flexibility index (Phi) is 2.63. The lowest BCUT2D eigenvalue weighted by molar-refractivity contribution is 0.409. The fourth-order valence-electron chi connectivity index (χ4n) is 0.944. The Hall–Kier alpha value is -1.58. The predicted molar refractivity (Wildman–Crippen MR) is 46.4 cm³/mol. The molecule has 0 aliphatic heterocycles. The molecule has 64 valence electrons. The summed E-state index contributed by atoms with van der Waals surface area (Å²) in [7, 11) is 1.57. The van der Waals surface area contributed by atoms with Crippen molar-refractivity contribution in [2.45, 2.75) is 6.42 Å². The summed E-state index contributed by atoms with van der Waals surface area (Å²) >= 11 is 0. The Labute approximate surface area is 70.9 Å². The molecule has 0 aromatic carbocycles. The first kappa shape index (κ1) is 8.52. The fraction of sp³-hybridized carbons (Fsp3) is 0.250. The van der Waals surface area contributed by atoms with Crippen molar-refractivity contribution in [3.63, 3.8) is 0 Å². The van der Waals surface area contributed by atoms with Crippen molar-refractivity contribution in [3.05, 3.63) is 24.0 Å². The summed E-state index contributed by atoms with van der Waals surface area (Å²) in [4.78, 5) is 3.89. The average Bonchev–Trinajstić information content (AvgIpc) is 2.04. The van der Waals surface area contributed by atoms with Gasteiger partial charge in [0.2, 0.25) is 0 Å². The van der Waals surface area contributed by atoms with E-state index in [1.165, 1.54) is 0 Å². The predicted octanol–water partition coefficient (Wildman–Crippen LogP) is 0.569. The first-order valence-corrected chi connectivity index (χ1v) is 3.54. The average molecular weight is 165 g/mol. The van der Waals surface area contributed by atoms with Crippen LogP contribution in [0, 0.1) is 5.41 Å². The zero-order chi connectivity index (χ0) is 8.97. The van der Waals surface area contributed by atoms with Crippen LogP contribution in [0.5, 0.6) is 5.75 Å². The standard InChI is InChI=1S/C8H11N3O/c1-12-7-5-11-3-2-6(7)4-8(9)10/h2-3,5H,4H2,1H3,(H3,9,10). The minimum atomic E-state index is 0.125. The summed E-state index contributed by atoms with van der Waals surface area (Å²) in [6.07, 6.45) is 3.67. The van der Waals surface area contributed by atoms with Gasteiger partial charge in [0.1, 0.15) is 5.75 Å². The molecule has 0 amide bonds. The Bertz CT molecular complexity index is 285. The van der Waals surface area contributed by atoms with E-state index < -0.39 is 0 Å². The molecule has 1 aromatic heterocycles. The monoisotopic (exact) mass is 165 g/mol. The fourth-order valence-corrected chi connectivity index (χ4v) is 0.944. The van der Waals surface area contributed by atoms with Crippen molar-refractivity contribution < 1.29 is 4.74 Å². The molecule has 4 heteroatoms. The van der Waals surface area contributed by atoms with Crippen LogP contribution in [0.3, 0.4) is 0 Å². The molecule has 0 saturated carbocycles. The zero-order valence-corrected chi connectivity index (χ0v) is 6.87. The Balaban J connectivity index is 2.89. The van der Waals surface area contributed by atoms with Crippen molar-refractivity contribution in [2.75, 3.05) is 7.11 Å². The normalized spacial score (nSPS) is 9.42. The number of hydrogen-bond donors (Lipinski definition) is 2. The molecule has 0 fully saturated rings. The van der Waals surface area contributed by atoms with E-state index in [2.05, 4.69) is 4.98 Å². The van der Waals surface area contributed by atoms with Crippen LogP contribution >= 0.6 is 0 Å². The zero-order valence-electron chi connectivity index (χ0n) is 6.87. The second-order valence-corrected chi connectivity index (χ2v) is 2.39. The van der Waals surface area contributed by atoms with E-state index in [-0.39, 0.29) is 5.84 Å². The van der Waals surface area contributed by atoms with Crippen LogP contribution < -0.4 is 10.5 Å². The number of nitrogens with one attached hydrogen (secondary N) is 1. The number of methoxy groups -OCH3 is 1. The maximum Gasteiger partial charge on any atom is 0.140 e. The lowest BCUT2D eigenvalue weighted by atomic mass is 10.2. The molecule has 0 saturated heterocycles. The van der Waals surface area contributed by atoms with Gasteiger partial charge in [-0.25, -0.2) is 0 Å². The van der Waals surface area contributed by atoms with Gasteiger partial charge >= 0.3 is 0 Å². The highest BCUT2D eigenvalue weighted by Gasteiger charge is 2.02. The molecule has 1 heterocycles. The minimum absolute atomic E-state index is 0.125. The molecule has 4 nitrogen and oxygen atoms in total. The van der Waals surface area contributed by atoms with Crippen molar-refractivity contribution in [1.29, 1.82) is 5.41 Å². The third-order valence-corrected chi connectivity index (χ3v) is 1.47. The third-order valence-electron chi connectivity index (χ3n) is 1.47. The second kappa shape index (κ2) is 3.71. The van der Waals surface area contributed by atoms with E-state index >= 15 is 0 Å². The van der Waals surface area contributed by atoms with E-state index in [1.807, 2.05) is 0 Å². The van der Waals surface area contributed by atoms with Gasteiger partial charge in [0.25, 0.3) is 0 Å². The summed E-state index contributed by atoms with van der Waals surface area (Å²) in [5, 5.41) is 7.11. The Morgan fingerprint density at radius 1 is 1.75 bits per heavy atom. The van der Waals surface area contributed by atoms with Gasteiger partial charge in [0.15, 0.2) is 0 Å². The minimum Gasteiger partial charge on any atom is -0.495 e. The maximum atomic E-state index is 7.11. The molecule has 0 atom stereocenters. The first-order chi connectivity index (χ1) is 5.74. The van der Waals surface area contributed by atoms with Crippen LogP contribution in [0.25, 0.3) is 0 Å². The molecule has 0 bridgehead atoms. The van der Waals surface area contributed by atoms with E-state index in [0.29, 0.717) is 12.2 Å². The second-order valence-electron chi connectivity index (χ2n) is 2.39. The first-order valence-electron chi connectivity index (χ1n) is 3.54. The van der Waals surface area contributed by atoms with Crippen molar-refractivity contribution in [1.82, 2.24) is 4.98 Å². The highest BCUT2D eigenvalue weighted by molar-refractivity contribution is 5.80. The van der Waals surface area contributed by atoms with Gasteiger partial charge in [-0.1, -0.05) is 0 Å². The molecule has 1 aromatic rings.